The van der Waals surface area contributed by atoms with Gasteiger partial charge in [-0.3, -0.25) is 4.79 Å². The standard InChI is InChI=1S/C21H24N4O2S/c1-2-27-18-8-4-3-7-17(18)21-24-15(14-28-21)11-20(26)22-12-16-13-25-10-6-5-9-19(25)23-16/h3-4,7-8,13-14H,2,5-6,9-12H2,1H3,(H,22,26). The summed E-state index contributed by atoms with van der Waals surface area (Å²) in [7, 11) is 0. The summed E-state index contributed by atoms with van der Waals surface area (Å²) in [4.78, 5) is 21.6. The van der Waals surface area contributed by atoms with Gasteiger partial charge < -0.3 is 14.6 Å². The summed E-state index contributed by atoms with van der Waals surface area (Å²) in [6, 6.07) is 7.85. The second-order valence-corrected chi connectivity index (χ2v) is 7.68. The Balaban J connectivity index is 1.36. The average Bonchev–Trinajstić information content (AvgIpc) is 3.33. The molecule has 146 valence electrons. The minimum absolute atomic E-state index is 0.0408. The Labute approximate surface area is 168 Å². The van der Waals surface area contributed by atoms with Crippen LogP contribution in [0, 0.1) is 0 Å². The maximum atomic E-state index is 12.3. The van der Waals surface area contributed by atoms with E-state index < -0.39 is 0 Å². The third kappa shape index (κ3) is 4.25. The van der Waals surface area contributed by atoms with Gasteiger partial charge >= 0.3 is 0 Å². The molecule has 0 atom stereocenters. The number of nitrogens with zero attached hydrogens (tertiary/aromatic N) is 3. The second kappa shape index (κ2) is 8.56. The molecule has 1 aliphatic rings. The average molecular weight is 397 g/mol. The zero-order chi connectivity index (χ0) is 19.3. The van der Waals surface area contributed by atoms with E-state index in [0.29, 0.717) is 13.2 Å². The molecule has 1 amide bonds. The maximum Gasteiger partial charge on any atom is 0.226 e. The van der Waals surface area contributed by atoms with Crippen molar-refractivity contribution in [2.24, 2.45) is 0 Å². The highest BCUT2D eigenvalue weighted by Crippen LogP contribution is 2.32. The minimum Gasteiger partial charge on any atom is -0.493 e. The van der Waals surface area contributed by atoms with Crippen molar-refractivity contribution in [3.05, 3.63) is 53.1 Å². The van der Waals surface area contributed by atoms with E-state index in [1.807, 2.05) is 36.6 Å². The van der Waals surface area contributed by atoms with Crippen LogP contribution in [-0.2, 0) is 30.7 Å². The van der Waals surface area contributed by atoms with Gasteiger partial charge in [0, 0.05) is 24.5 Å². The zero-order valence-corrected chi connectivity index (χ0v) is 16.8. The van der Waals surface area contributed by atoms with E-state index in [1.165, 1.54) is 24.2 Å². The number of nitrogens with one attached hydrogen (secondary N) is 1. The van der Waals surface area contributed by atoms with Gasteiger partial charge in [0.2, 0.25) is 5.91 Å². The summed E-state index contributed by atoms with van der Waals surface area (Å²) in [5.74, 6) is 1.91. The highest BCUT2D eigenvalue weighted by atomic mass is 32.1. The summed E-state index contributed by atoms with van der Waals surface area (Å²) in [5, 5.41) is 5.77. The highest BCUT2D eigenvalue weighted by Gasteiger charge is 2.14. The van der Waals surface area contributed by atoms with Crippen LogP contribution >= 0.6 is 11.3 Å². The molecule has 0 bridgehead atoms. The third-order valence-corrected chi connectivity index (χ3v) is 5.66. The van der Waals surface area contributed by atoms with Crippen LogP contribution in [0.5, 0.6) is 5.75 Å². The number of aromatic nitrogens is 3. The lowest BCUT2D eigenvalue weighted by molar-refractivity contribution is -0.120. The number of ether oxygens (including phenoxy) is 1. The van der Waals surface area contributed by atoms with E-state index in [2.05, 4.69) is 26.0 Å². The number of hydrogen-bond donors (Lipinski definition) is 1. The molecule has 0 saturated carbocycles. The Bertz CT molecular complexity index is 939. The molecule has 0 spiro atoms. The molecule has 3 heterocycles. The largest absolute Gasteiger partial charge is 0.493 e. The van der Waals surface area contributed by atoms with E-state index in [0.717, 1.165) is 46.5 Å². The predicted molar refractivity (Wildman–Crippen MR) is 109 cm³/mol. The fourth-order valence-electron chi connectivity index (χ4n) is 3.41. The van der Waals surface area contributed by atoms with Gasteiger partial charge in [-0.1, -0.05) is 12.1 Å². The quantitative estimate of drug-likeness (QED) is 0.662. The first kappa shape index (κ1) is 18.7. The normalized spacial score (nSPS) is 13.2. The second-order valence-electron chi connectivity index (χ2n) is 6.83. The molecule has 4 rings (SSSR count). The number of aryl methyl sites for hydroxylation is 2. The molecule has 1 aromatic carbocycles. The van der Waals surface area contributed by atoms with E-state index in [4.69, 9.17) is 4.74 Å². The van der Waals surface area contributed by atoms with Gasteiger partial charge in [0.05, 0.1) is 36.5 Å². The Kier molecular flexibility index (Phi) is 5.71. The summed E-state index contributed by atoms with van der Waals surface area (Å²) >= 11 is 1.53. The zero-order valence-electron chi connectivity index (χ0n) is 16.0. The van der Waals surface area contributed by atoms with Gasteiger partial charge in [-0.2, -0.15) is 0 Å². The molecule has 7 heteroatoms. The lowest BCUT2D eigenvalue weighted by Gasteiger charge is -2.11. The number of carbonyl (C=O) groups is 1. The number of benzene rings is 1. The van der Waals surface area contributed by atoms with Crippen LogP contribution in [-0.4, -0.2) is 27.0 Å². The lowest BCUT2D eigenvalue weighted by atomic mass is 10.2. The minimum atomic E-state index is -0.0408. The molecular weight excluding hydrogens is 372 g/mol. The van der Waals surface area contributed by atoms with Crippen LogP contribution in [0.15, 0.2) is 35.8 Å². The van der Waals surface area contributed by atoms with E-state index in [9.17, 15) is 4.79 Å². The number of hydrogen-bond acceptors (Lipinski definition) is 5. The van der Waals surface area contributed by atoms with Crippen molar-refractivity contribution >= 4 is 17.2 Å². The Morgan fingerprint density at radius 2 is 2.14 bits per heavy atom. The van der Waals surface area contributed by atoms with Crippen molar-refractivity contribution < 1.29 is 9.53 Å². The number of para-hydroxylation sites is 1. The predicted octanol–water partition coefficient (Wildman–Crippen LogP) is 3.60. The van der Waals surface area contributed by atoms with E-state index >= 15 is 0 Å². The molecule has 0 aliphatic carbocycles. The van der Waals surface area contributed by atoms with Crippen molar-refractivity contribution in [3.63, 3.8) is 0 Å². The first-order valence-corrected chi connectivity index (χ1v) is 10.6. The SMILES string of the molecule is CCOc1ccccc1-c1nc(CC(=O)NCc2cn3c(n2)CCCC3)cs1. The molecule has 0 fully saturated rings. The first-order valence-electron chi connectivity index (χ1n) is 9.71. The van der Waals surface area contributed by atoms with Gasteiger partial charge in [0.25, 0.3) is 0 Å². The summed E-state index contributed by atoms with van der Waals surface area (Å²) in [5.41, 5.74) is 2.66. The topological polar surface area (TPSA) is 69.0 Å². The van der Waals surface area contributed by atoms with Crippen molar-refractivity contribution in [3.8, 4) is 16.3 Å². The molecule has 0 radical (unpaired) electrons. The molecule has 0 saturated heterocycles. The van der Waals surface area contributed by atoms with Gasteiger partial charge in [-0.15, -0.1) is 11.3 Å². The van der Waals surface area contributed by atoms with Gasteiger partial charge in [0.15, 0.2) is 0 Å². The number of amides is 1. The van der Waals surface area contributed by atoms with Crippen molar-refractivity contribution in [1.29, 1.82) is 0 Å². The molecule has 28 heavy (non-hydrogen) atoms. The molecule has 0 unspecified atom stereocenters. The smallest absolute Gasteiger partial charge is 0.226 e. The van der Waals surface area contributed by atoms with E-state index in [-0.39, 0.29) is 12.3 Å². The van der Waals surface area contributed by atoms with Gasteiger partial charge in [-0.05, 0) is 31.9 Å². The Hall–Kier alpha value is -2.67. The Morgan fingerprint density at radius 3 is 3.00 bits per heavy atom. The van der Waals surface area contributed by atoms with E-state index in [1.54, 1.807) is 0 Å². The number of thiazole rings is 1. The lowest BCUT2D eigenvalue weighted by Crippen LogP contribution is -2.24. The Morgan fingerprint density at radius 1 is 1.25 bits per heavy atom. The van der Waals surface area contributed by atoms with Crippen LogP contribution in [0.3, 0.4) is 0 Å². The van der Waals surface area contributed by atoms with Crippen molar-refractivity contribution in [2.45, 2.75) is 45.7 Å². The van der Waals surface area contributed by atoms with Crippen LogP contribution in [0.2, 0.25) is 0 Å². The molecule has 2 aromatic heterocycles. The van der Waals surface area contributed by atoms with Gasteiger partial charge in [0.1, 0.15) is 16.6 Å². The van der Waals surface area contributed by atoms with Crippen LogP contribution < -0.4 is 10.1 Å². The van der Waals surface area contributed by atoms with Crippen LogP contribution in [0.4, 0.5) is 0 Å². The van der Waals surface area contributed by atoms with Crippen molar-refractivity contribution in [1.82, 2.24) is 19.9 Å². The highest BCUT2D eigenvalue weighted by molar-refractivity contribution is 7.13. The number of rotatable bonds is 7. The van der Waals surface area contributed by atoms with Crippen molar-refractivity contribution in [2.75, 3.05) is 6.61 Å². The monoisotopic (exact) mass is 396 g/mol. The van der Waals surface area contributed by atoms with Crippen LogP contribution in [0.1, 0.15) is 37.0 Å². The number of imidazole rings is 1. The summed E-state index contributed by atoms with van der Waals surface area (Å²) < 4.78 is 7.88. The third-order valence-electron chi connectivity index (χ3n) is 4.74. The summed E-state index contributed by atoms with van der Waals surface area (Å²) in [6.07, 6.45) is 5.75. The van der Waals surface area contributed by atoms with Crippen LogP contribution in [0.25, 0.3) is 10.6 Å². The number of fused-ring (bicyclic) bond motifs is 1. The fraction of sp³-hybridized carbons (Fsp3) is 0.381. The summed E-state index contributed by atoms with van der Waals surface area (Å²) in [6.45, 7) is 4.06. The fourth-order valence-corrected chi connectivity index (χ4v) is 4.26. The molecule has 3 aromatic rings. The number of carbonyl (C=O) groups excluding carboxylic acids is 1. The first-order chi connectivity index (χ1) is 13.7. The molecule has 6 nitrogen and oxygen atoms in total. The maximum absolute atomic E-state index is 12.3. The molecule has 1 N–H and O–H groups in total. The molecular formula is C21H24N4O2S. The molecule has 1 aliphatic heterocycles. The van der Waals surface area contributed by atoms with Gasteiger partial charge in [-0.25, -0.2) is 9.97 Å².